The molecule has 0 radical (unpaired) electrons. The number of para-hydroxylation sites is 1. The normalized spacial score (nSPS) is 10.9. The second-order valence-electron chi connectivity index (χ2n) is 3.93. The number of hydrogen-bond donors (Lipinski definition) is 0. The molecule has 0 saturated heterocycles. The van der Waals surface area contributed by atoms with Crippen LogP contribution in [-0.4, -0.2) is 5.60 Å². The van der Waals surface area contributed by atoms with Gasteiger partial charge in [0.2, 0.25) is 0 Å². The summed E-state index contributed by atoms with van der Waals surface area (Å²) in [6, 6.07) is 9.91. The Hall–Kier alpha value is 0.124. The molecule has 0 aliphatic rings. The molecule has 0 aliphatic carbocycles. The first kappa shape index (κ1) is 14.1. The molecule has 0 spiro atoms. The van der Waals surface area contributed by atoms with Crippen molar-refractivity contribution in [1.29, 1.82) is 0 Å². The Morgan fingerprint density at radius 2 is 1.57 bits per heavy atom. The molecule has 0 N–H and O–H groups in total. The van der Waals surface area contributed by atoms with Crippen molar-refractivity contribution in [2.24, 2.45) is 0 Å². The van der Waals surface area contributed by atoms with Crippen molar-refractivity contribution in [2.45, 2.75) is 33.3 Å². The average molecular weight is 266 g/mol. The van der Waals surface area contributed by atoms with Gasteiger partial charge in [-0.05, 0) is 17.7 Å². The Morgan fingerprint density at radius 3 is 2.00 bits per heavy atom. The van der Waals surface area contributed by atoms with Crippen molar-refractivity contribution in [3.63, 3.8) is 0 Å². The predicted octanol–water partition coefficient (Wildman–Crippen LogP) is 3.46. The van der Waals surface area contributed by atoms with Gasteiger partial charge in [-0.3, -0.25) is 5.92 Å². The molecule has 1 rings (SSSR count). The van der Waals surface area contributed by atoms with Crippen molar-refractivity contribution >= 4 is 0 Å². The molecule has 0 atom stereocenters. The van der Waals surface area contributed by atoms with Gasteiger partial charge in [-0.25, -0.2) is 0 Å². The van der Waals surface area contributed by atoms with Gasteiger partial charge in [-0.15, -0.1) is 0 Å². The zero-order valence-corrected chi connectivity index (χ0v) is 12.2. The molecule has 0 bridgehead atoms. The van der Waals surface area contributed by atoms with E-state index in [1.807, 2.05) is 30.3 Å². The summed E-state index contributed by atoms with van der Waals surface area (Å²) in [7, 11) is 0. The van der Waals surface area contributed by atoms with Crippen LogP contribution in [0, 0.1) is 5.92 Å². The van der Waals surface area contributed by atoms with Crippen LogP contribution in [-0.2, 0) is 32.7 Å². The van der Waals surface area contributed by atoms with E-state index in [1.54, 1.807) is 0 Å². The van der Waals surface area contributed by atoms with E-state index in [0.29, 0.717) is 0 Å². The third kappa shape index (κ3) is 4.10. The van der Waals surface area contributed by atoms with Crippen LogP contribution in [0.25, 0.3) is 0 Å². The van der Waals surface area contributed by atoms with Gasteiger partial charge < -0.3 is 4.74 Å². The van der Waals surface area contributed by atoms with Gasteiger partial charge in [0, 0.05) is 0 Å². The quantitative estimate of drug-likeness (QED) is 0.761. The fraction of sp³-hybridized carbons (Fsp3) is 0.417. The molecule has 72 valence electrons. The summed E-state index contributed by atoms with van der Waals surface area (Å²) in [5.41, 5.74) is -0.179. The van der Waals surface area contributed by atoms with E-state index in [2.05, 4.69) is 27.7 Å². The summed E-state index contributed by atoms with van der Waals surface area (Å²) in [6.45, 7) is 8.33. The van der Waals surface area contributed by atoms with Crippen LogP contribution in [0.1, 0.15) is 27.7 Å². The Kier molecular flexibility index (Phi) is 5.92. The van der Waals surface area contributed by atoms with Crippen LogP contribution >= 0.6 is 0 Å². The molecule has 0 heterocycles. The second-order valence-corrected chi connectivity index (χ2v) is 3.93. The molecule has 0 aliphatic heterocycles. The first-order valence-electron chi connectivity index (χ1n) is 4.57. The van der Waals surface area contributed by atoms with E-state index in [9.17, 15) is 0 Å². The van der Waals surface area contributed by atoms with Gasteiger partial charge in [-0.2, -0.15) is 13.8 Å². The SMILES string of the molecule is C[C-](C)C(C)(C)Oc1ccccc1.[Y+3]. The maximum atomic E-state index is 5.83. The predicted molar refractivity (Wildman–Crippen MR) is 55.7 cm³/mol. The third-order valence-corrected chi connectivity index (χ3v) is 2.32. The molecular formula is C12H17OY+2. The zero-order chi connectivity index (χ0) is 9.90. The molecular weight excluding hydrogens is 249 g/mol. The Balaban J connectivity index is 0.00000169. The molecule has 0 aromatic heterocycles. The molecule has 14 heavy (non-hydrogen) atoms. The maximum Gasteiger partial charge on any atom is 3.00 e. The Morgan fingerprint density at radius 1 is 1.07 bits per heavy atom. The Labute approximate surface area is 112 Å². The van der Waals surface area contributed by atoms with Crippen LogP contribution in [0.4, 0.5) is 0 Å². The number of benzene rings is 1. The van der Waals surface area contributed by atoms with E-state index < -0.39 is 0 Å². The van der Waals surface area contributed by atoms with E-state index in [-0.39, 0.29) is 38.3 Å². The molecule has 1 aromatic carbocycles. The van der Waals surface area contributed by atoms with Crippen molar-refractivity contribution in [1.82, 2.24) is 0 Å². The van der Waals surface area contributed by atoms with Gasteiger partial charge in [0.25, 0.3) is 0 Å². The summed E-state index contributed by atoms with van der Waals surface area (Å²) < 4.78 is 5.83. The molecule has 1 nitrogen and oxygen atoms in total. The molecule has 0 amide bonds. The van der Waals surface area contributed by atoms with Crippen LogP contribution in [0.2, 0.25) is 0 Å². The second kappa shape index (κ2) is 5.87. The van der Waals surface area contributed by atoms with Crippen LogP contribution in [0.3, 0.4) is 0 Å². The topological polar surface area (TPSA) is 9.23 Å². The third-order valence-electron chi connectivity index (χ3n) is 2.32. The van der Waals surface area contributed by atoms with E-state index >= 15 is 0 Å². The van der Waals surface area contributed by atoms with Crippen molar-refractivity contribution in [3.8, 4) is 5.75 Å². The fourth-order valence-corrected chi connectivity index (χ4v) is 0.885. The van der Waals surface area contributed by atoms with E-state index in [0.717, 1.165) is 5.75 Å². The van der Waals surface area contributed by atoms with Gasteiger partial charge in [0.15, 0.2) is 0 Å². The van der Waals surface area contributed by atoms with Gasteiger partial charge in [0.1, 0.15) is 5.75 Å². The molecule has 2 heteroatoms. The number of hydrogen-bond acceptors (Lipinski definition) is 1. The molecule has 0 unspecified atom stereocenters. The minimum absolute atomic E-state index is 0. The Bertz CT molecular complexity index is 254. The summed E-state index contributed by atoms with van der Waals surface area (Å²) in [4.78, 5) is 0. The van der Waals surface area contributed by atoms with Crippen molar-refractivity contribution in [3.05, 3.63) is 36.2 Å². The molecule has 1 aromatic rings. The zero-order valence-electron chi connectivity index (χ0n) is 9.37. The summed E-state index contributed by atoms with van der Waals surface area (Å²) in [6.07, 6.45) is 0. The van der Waals surface area contributed by atoms with Crippen LogP contribution in [0.5, 0.6) is 5.75 Å². The van der Waals surface area contributed by atoms with Crippen LogP contribution < -0.4 is 4.74 Å². The molecule has 0 fully saturated rings. The summed E-state index contributed by atoms with van der Waals surface area (Å²) in [5.74, 6) is 2.20. The first-order valence-corrected chi connectivity index (χ1v) is 4.57. The smallest absolute Gasteiger partial charge is 0.519 e. The minimum atomic E-state index is -0.179. The van der Waals surface area contributed by atoms with E-state index in [1.165, 1.54) is 5.92 Å². The summed E-state index contributed by atoms with van der Waals surface area (Å²) >= 11 is 0. The number of ether oxygens (including phenoxy) is 1. The van der Waals surface area contributed by atoms with Crippen molar-refractivity contribution in [2.75, 3.05) is 0 Å². The minimum Gasteiger partial charge on any atom is -0.519 e. The van der Waals surface area contributed by atoms with E-state index in [4.69, 9.17) is 4.74 Å². The number of rotatable bonds is 3. The van der Waals surface area contributed by atoms with Gasteiger partial charge >= 0.3 is 32.7 Å². The molecule has 0 saturated carbocycles. The fourth-order valence-electron chi connectivity index (χ4n) is 0.885. The van der Waals surface area contributed by atoms with Crippen LogP contribution in [0.15, 0.2) is 30.3 Å². The first-order chi connectivity index (χ1) is 6.02. The van der Waals surface area contributed by atoms with Gasteiger partial charge in [-0.1, -0.05) is 32.0 Å². The largest absolute Gasteiger partial charge is 3.00 e. The average Bonchev–Trinajstić information content (AvgIpc) is 2.05. The maximum absolute atomic E-state index is 5.83. The monoisotopic (exact) mass is 266 g/mol. The van der Waals surface area contributed by atoms with Gasteiger partial charge in [0.05, 0.1) is 0 Å². The summed E-state index contributed by atoms with van der Waals surface area (Å²) in [5, 5.41) is 0. The van der Waals surface area contributed by atoms with Crippen molar-refractivity contribution < 1.29 is 37.4 Å². The standard InChI is InChI=1S/C12H17O.Y/c1-10(2)12(3,4)13-11-8-6-5-7-9-11;/h5-9H,1-4H3;/q-1;+3.